The molecule has 1 aromatic carbocycles. The highest BCUT2D eigenvalue weighted by Gasteiger charge is 2.48. The molecule has 6 heteroatoms. The molecular formula is C17H14N2O4. The average molecular weight is 310 g/mol. The molecule has 0 bridgehead atoms. The number of nitrogens with one attached hydrogen (secondary N) is 1. The van der Waals surface area contributed by atoms with Crippen molar-refractivity contribution < 1.29 is 19.8 Å². The van der Waals surface area contributed by atoms with Crippen molar-refractivity contribution in [2.75, 3.05) is 0 Å². The van der Waals surface area contributed by atoms with E-state index >= 15 is 0 Å². The van der Waals surface area contributed by atoms with Crippen LogP contribution in [0.1, 0.15) is 11.1 Å². The summed E-state index contributed by atoms with van der Waals surface area (Å²) < 4.78 is 0. The maximum absolute atomic E-state index is 11.9. The number of nitrogens with zero attached hydrogens (tertiary/aromatic N) is 1. The van der Waals surface area contributed by atoms with Gasteiger partial charge in [-0.2, -0.15) is 0 Å². The molecule has 2 aromatic heterocycles. The Morgan fingerprint density at radius 3 is 2.39 bits per heavy atom. The lowest BCUT2D eigenvalue weighted by Crippen LogP contribution is -2.45. The molecule has 0 unspecified atom stereocenters. The van der Waals surface area contributed by atoms with Crippen LogP contribution in [0.4, 0.5) is 0 Å². The van der Waals surface area contributed by atoms with Gasteiger partial charge in [0.15, 0.2) is 5.41 Å². The first kappa shape index (κ1) is 14.8. The lowest BCUT2D eigenvalue weighted by molar-refractivity contribution is -0.157. The first-order chi connectivity index (χ1) is 11.1. The van der Waals surface area contributed by atoms with Crippen LogP contribution in [0.3, 0.4) is 0 Å². The quantitative estimate of drug-likeness (QED) is 0.627. The number of carboxylic acids is 2. The molecule has 0 fully saturated rings. The van der Waals surface area contributed by atoms with Crippen molar-refractivity contribution in [3.05, 3.63) is 66.0 Å². The van der Waals surface area contributed by atoms with Gasteiger partial charge in [-0.25, -0.2) is 0 Å². The third-order valence-corrected chi connectivity index (χ3v) is 3.97. The van der Waals surface area contributed by atoms with Gasteiger partial charge in [0.25, 0.3) is 0 Å². The van der Waals surface area contributed by atoms with Crippen molar-refractivity contribution in [2.45, 2.75) is 11.8 Å². The highest BCUT2D eigenvalue weighted by molar-refractivity contribution is 6.05. The third kappa shape index (κ3) is 2.34. The van der Waals surface area contributed by atoms with Crippen LogP contribution in [0.5, 0.6) is 0 Å². The van der Waals surface area contributed by atoms with Crippen LogP contribution in [0.25, 0.3) is 11.0 Å². The Bertz CT molecular complexity index is 856. The van der Waals surface area contributed by atoms with Gasteiger partial charge < -0.3 is 15.2 Å². The molecule has 116 valence electrons. The SMILES string of the molecule is O=C(O)C(Cc1c[nH]c2cccnc12)(C(=O)O)c1ccccc1. The normalized spacial score (nSPS) is 11.5. The zero-order valence-corrected chi connectivity index (χ0v) is 12.1. The van der Waals surface area contributed by atoms with E-state index in [-0.39, 0.29) is 12.0 Å². The van der Waals surface area contributed by atoms with Crippen molar-refractivity contribution >= 4 is 23.0 Å². The fraction of sp³-hybridized carbons (Fsp3) is 0.118. The van der Waals surface area contributed by atoms with Crippen LogP contribution < -0.4 is 0 Å². The summed E-state index contributed by atoms with van der Waals surface area (Å²) in [5, 5.41) is 19.4. The zero-order chi connectivity index (χ0) is 16.4. The predicted octanol–water partition coefficient (Wildman–Crippen LogP) is 2.21. The molecule has 2 heterocycles. The van der Waals surface area contributed by atoms with E-state index in [4.69, 9.17) is 0 Å². The maximum Gasteiger partial charge on any atom is 0.325 e. The van der Waals surface area contributed by atoms with Crippen molar-refractivity contribution in [3.8, 4) is 0 Å². The maximum atomic E-state index is 11.9. The summed E-state index contributed by atoms with van der Waals surface area (Å²) in [6.45, 7) is 0. The summed E-state index contributed by atoms with van der Waals surface area (Å²) >= 11 is 0. The largest absolute Gasteiger partial charge is 0.480 e. The van der Waals surface area contributed by atoms with Crippen LogP contribution in [-0.4, -0.2) is 32.1 Å². The number of rotatable bonds is 5. The molecular weight excluding hydrogens is 296 g/mol. The third-order valence-electron chi connectivity index (χ3n) is 3.97. The second-order valence-electron chi connectivity index (χ2n) is 5.27. The Morgan fingerprint density at radius 1 is 1.04 bits per heavy atom. The standard InChI is InChI=1S/C17H14N2O4/c20-15(21)17(16(22)23,12-5-2-1-3-6-12)9-11-10-19-13-7-4-8-18-14(11)13/h1-8,10,19H,9H2,(H,20,21)(H,22,23). The number of aromatic amines is 1. The Hall–Kier alpha value is -3.15. The Balaban J connectivity index is 2.17. The van der Waals surface area contributed by atoms with Gasteiger partial charge in [0, 0.05) is 18.8 Å². The first-order valence-corrected chi connectivity index (χ1v) is 6.99. The van der Waals surface area contributed by atoms with Crippen LogP contribution >= 0.6 is 0 Å². The second kappa shape index (κ2) is 5.57. The van der Waals surface area contributed by atoms with Crippen molar-refractivity contribution in [3.63, 3.8) is 0 Å². The topological polar surface area (TPSA) is 103 Å². The fourth-order valence-electron chi connectivity index (χ4n) is 2.75. The highest BCUT2D eigenvalue weighted by Crippen LogP contribution is 2.32. The highest BCUT2D eigenvalue weighted by atomic mass is 16.4. The van der Waals surface area contributed by atoms with Gasteiger partial charge in [0.1, 0.15) is 0 Å². The summed E-state index contributed by atoms with van der Waals surface area (Å²) in [5.41, 5.74) is 0.0311. The van der Waals surface area contributed by atoms with E-state index in [1.54, 1.807) is 42.7 Å². The van der Waals surface area contributed by atoms with Crippen molar-refractivity contribution in [1.82, 2.24) is 9.97 Å². The van der Waals surface area contributed by atoms with Crippen LogP contribution in [0.2, 0.25) is 0 Å². The predicted molar refractivity (Wildman–Crippen MR) is 83.2 cm³/mol. The van der Waals surface area contributed by atoms with E-state index in [0.717, 1.165) is 5.52 Å². The summed E-state index contributed by atoms with van der Waals surface area (Å²) in [4.78, 5) is 31.0. The molecule has 3 N–H and O–H groups in total. The minimum Gasteiger partial charge on any atom is -0.480 e. The lowest BCUT2D eigenvalue weighted by atomic mass is 9.75. The summed E-state index contributed by atoms with van der Waals surface area (Å²) in [6.07, 6.45) is 3.01. The number of hydrogen-bond acceptors (Lipinski definition) is 3. The second-order valence-corrected chi connectivity index (χ2v) is 5.27. The van der Waals surface area contributed by atoms with Crippen LogP contribution in [0, 0.1) is 0 Å². The molecule has 0 atom stereocenters. The molecule has 23 heavy (non-hydrogen) atoms. The average Bonchev–Trinajstić information content (AvgIpc) is 2.95. The lowest BCUT2D eigenvalue weighted by Gasteiger charge is -2.25. The minimum absolute atomic E-state index is 0.196. The van der Waals surface area contributed by atoms with Gasteiger partial charge in [-0.1, -0.05) is 30.3 Å². The van der Waals surface area contributed by atoms with Gasteiger partial charge in [-0.3, -0.25) is 14.6 Å². The van der Waals surface area contributed by atoms with Crippen molar-refractivity contribution in [1.29, 1.82) is 0 Å². The first-order valence-electron chi connectivity index (χ1n) is 6.99. The molecule has 0 radical (unpaired) electrons. The van der Waals surface area contributed by atoms with Gasteiger partial charge in [0.2, 0.25) is 0 Å². The van der Waals surface area contributed by atoms with E-state index in [2.05, 4.69) is 9.97 Å². The van der Waals surface area contributed by atoms with E-state index in [0.29, 0.717) is 11.1 Å². The summed E-state index contributed by atoms with van der Waals surface area (Å²) in [5.74, 6) is -2.80. The number of hydrogen-bond donors (Lipinski definition) is 3. The van der Waals surface area contributed by atoms with Crippen molar-refractivity contribution in [2.24, 2.45) is 0 Å². The van der Waals surface area contributed by atoms with E-state index in [1.165, 1.54) is 12.1 Å². The van der Waals surface area contributed by atoms with Crippen LogP contribution in [0.15, 0.2) is 54.9 Å². The van der Waals surface area contributed by atoms with Gasteiger partial charge in [-0.05, 0) is 23.3 Å². The van der Waals surface area contributed by atoms with E-state index < -0.39 is 17.4 Å². The number of benzene rings is 1. The number of aliphatic carboxylic acids is 2. The number of H-pyrrole nitrogens is 1. The van der Waals surface area contributed by atoms with Crippen LogP contribution in [-0.2, 0) is 21.4 Å². The fourth-order valence-corrected chi connectivity index (χ4v) is 2.75. The van der Waals surface area contributed by atoms with E-state index in [1.807, 2.05) is 0 Å². The number of aromatic nitrogens is 2. The van der Waals surface area contributed by atoms with Gasteiger partial charge in [0.05, 0.1) is 11.0 Å². The number of carboxylic acid groups (broad SMARTS) is 2. The molecule has 0 aliphatic carbocycles. The van der Waals surface area contributed by atoms with Gasteiger partial charge >= 0.3 is 11.9 Å². The monoisotopic (exact) mass is 310 g/mol. The minimum atomic E-state index is -2.06. The Kier molecular flexibility index (Phi) is 3.57. The smallest absolute Gasteiger partial charge is 0.325 e. The van der Waals surface area contributed by atoms with E-state index in [9.17, 15) is 19.8 Å². The molecule has 0 spiro atoms. The summed E-state index contributed by atoms with van der Waals surface area (Å²) in [7, 11) is 0. The molecule has 0 saturated carbocycles. The molecule has 0 amide bonds. The molecule has 6 nitrogen and oxygen atoms in total. The molecule has 3 aromatic rings. The molecule has 0 aliphatic rings. The molecule has 3 rings (SSSR count). The Labute approximate surface area is 131 Å². The number of fused-ring (bicyclic) bond motifs is 1. The van der Waals surface area contributed by atoms with Gasteiger partial charge in [-0.15, -0.1) is 0 Å². The number of carbonyl (C=O) groups is 2. The number of pyridine rings is 1. The Morgan fingerprint density at radius 2 is 1.74 bits per heavy atom. The molecule has 0 aliphatic heterocycles. The zero-order valence-electron chi connectivity index (χ0n) is 12.1. The molecule has 0 saturated heterocycles. The summed E-state index contributed by atoms with van der Waals surface area (Å²) in [6, 6.07) is 11.6.